The highest BCUT2D eigenvalue weighted by Crippen LogP contribution is 2.40. The van der Waals surface area contributed by atoms with Crippen LogP contribution < -0.4 is 14.4 Å². The SMILES string of the molecule is CCCOc1c(I)cc(/C=C2/SC(=Nc3ccc(C)c(Cl)c3)N(c3ccc(C)c(Cl)c3)C2=O)cc1OC. The van der Waals surface area contributed by atoms with Gasteiger partial charge in [-0.25, -0.2) is 4.99 Å². The van der Waals surface area contributed by atoms with E-state index in [0.717, 1.165) is 26.7 Å². The molecule has 5 nitrogen and oxygen atoms in total. The third-order valence-electron chi connectivity index (χ3n) is 5.60. The zero-order chi connectivity index (χ0) is 26.7. The van der Waals surface area contributed by atoms with Crippen molar-refractivity contribution in [2.24, 2.45) is 4.99 Å². The Balaban J connectivity index is 1.78. The summed E-state index contributed by atoms with van der Waals surface area (Å²) < 4.78 is 12.4. The molecule has 0 atom stereocenters. The zero-order valence-electron chi connectivity index (χ0n) is 20.8. The number of thioether (sulfide) groups is 1. The first-order valence-electron chi connectivity index (χ1n) is 11.6. The summed E-state index contributed by atoms with van der Waals surface area (Å²) in [6, 6.07) is 15.0. The number of benzene rings is 3. The lowest BCUT2D eigenvalue weighted by atomic mass is 10.1. The summed E-state index contributed by atoms with van der Waals surface area (Å²) in [5, 5.41) is 1.71. The van der Waals surface area contributed by atoms with Gasteiger partial charge in [-0.3, -0.25) is 9.69 Å². The molecule has 1 heterocycles. The average molecular weight is 667 g/mol. The van der Waals surface area contributed by atoms with Crippen molar-refractivity contribution >= 4 is 86.1 Å². The van der Waals surface area contributed by atoms with Gasteiger partial charge < -0.3 is 9.47 Å². The van der Waals surface area contributed by atoms with Crippen LogP contribution >= 0.6 is 57.6 Å². The van der Waals surface area contributed by atoms with Crippen LogP contribution in [0.5, 0.6) is 11.5 Å². The number of carbonyl (C=O) groups is 1. The lowest BCUT2D eigenvalue weighted by molar-refractivity contribution is -0.113. The monoisotopic (exact) mass is 666 g/mol. The summed E-state index contributed by atoms with van der Waals surface area (Å²) >= 11 is 16.3. The molecule has 1 fully saturated rings. The van der Waals surface area contributed by atoms with E-state index in [0.29, 0.717) is 49.6 Å². The largest absolute Gasteiger partial charge is 0.493 e. The minimum absolute atomic E-state index is 0.192. The second-order valence-corrected chi connectivity index (χ2v) is 11.4. The Hall–Kier alpha value is -2.20. The van der Waals surface area contributed by atoms with Crippen molar-refractivity contribution in [3.63, 3.8) is 0 Å². The van der Waals surface area contributed by atoms with Crippen molar-refractivity contribution in [2.45, 2.75) is 27.2 Å². The van der Waals surface area contributed by atoms with Gasteiger partial charge in [-0.15, -0.1) is 0 Å². The van der Waals surface area contributed by atoms with Crippen LogP contribution in [0, 0.1) is 17.4 Å². The molecule has 1 saturated heterocycles. The number of ether oxygens (including phenoxy) is 2. The van der Waals surface area contributed by atoms with Crippen molar-refractivity contribution in [3.8, 4) is 11.5 Å². The summed E-state index contributed by atoms with van der Waals surface area (Å²) in [4.78, 5) is 20.6. The molecule has 1 amide bonds. The molecule has 0 aliphatic carbocycles. The maximum atomic E-state index is 13.7. The smallest absolute Gasteiger partial charge is 0.271 e. The standard InChI is InChI=1S/C28H25Cl2IN2O3S/c1-5-10-36-26-23(31)11-18(12-24(26)35-4)13-25-27(34)33(20-9-7-17(3)22(30)15-20)28(37-25)32-19-8-6-16(2)21(29)14-19/h6-9,11-15H,5,10H2,1-4H3/b25-13+,32-28?. The predicted molar refractivity (Wildman–Crippen MR) is 164 cm³/mol. The summed E-state index contributed by atoms with van der Waals surface area (Å²) in [5.74, 6) is 1.13. The first-order chi connectivity index (χ1) is 17.7. The van der Waals surface area contributed by atoms with Gasteiger partial charge in [-0.05, 0) is 114 Å². The lowest BCUT2D eigenvalue weighted by Gasteiger charge is -2.16. The van der Waals surface area contributed by atoms with Crippen molar-refractivity contribution in [1.82, 2.24) is 0 Å². The van der Waals surface area contributed by atoms with Gasteiger partial charge in [0.2, 0.25) is 0 Å². The maximum absolute atomic E-state index is 13.7. The van der Waals surface area contributed by atoms with Gasteiger partial charge in [-0.2, -0.15) is 0 Å². The molecule has 0 unspecified atom stereocenters. The van der Waals surface area contributed by atoms with Crippen LogP contribution in [0.15, 0.2) is 58.4 Å². The average Bonchev–Trinajstić information content (AvgIpc) is 3.16. The summed E-state index contributed by atoms with van der Waals surface area (Å²) in [6.07, 6.45) is 2.73. The number of rotatable bonds is 7. The number of halogens is 3. The molecule has 1 aliphatic rings. The number of hydrogen-bond acceptors (Lipinski definition) is 5. The normalized spacial score (nSPS) is 15.6. The van der Waals surface area contributed by atoms with Crippen LogP contribution in [0.3, 0.4) is 0 Å². The van der Waals surface area contributed by atoms with Crippen molar-refractivity contribution in [3.05, 3.63) is 83.7 Å². The van der Waals surface area contributed by atoms with E-state index in [1.165, 1.54) is 11.8 Å². The lowest BCUT2D eigenvalue weighted by Crippen LogP contribution is -2.28. The molecule has 0 bridgehead atoms. The van der Waals surface area contributed by atoms with E-state index < -0.39 is 0 Å². The van der Waals surface area contributed by atoms with Gasteiger partial charge in [0.05, 0.1) is 33.6 Å². The van der Waals surface area contributed by atoms with Crippen LogP contribution in [0.1, 0.15) is 30.0 Å². The van der Waals surface area contributed by atoms with Crippen molar-refractivity contribution in [1.29, 1.82) is 0 Å². The highest BCUT2D eigenvalue weighted by molar-refractivity contribution is 14.1. The van der Waals surface area contributed by atoms with Gasteiger partial charge in [0, 0.05) is 10.0 Å². The van der Waals surface area contributed by atoms with Crippen LogP contribution in [-0.4, -0.2) is 24.8 Å². The molecular weight excluding hydrogens is 642 g/mol. The zero-order valence-corrected chi connectivity index (χ0v) is 25.3. The molecule has 0 saturated carbocycles. The third kappa shape index (κ3) is 6.28. The number of aliphatic imine (C=N–C) groups is 1. The van der Waals surface area contributed by atoms with E-state index in [2.05, 4.69) is 29.5 Å². The van der Waals surface area contributed by atoms with Gasteiger partial charge in [0.1, 0.15) is 0 Å². The quantitative estimate of drug-likeness (QED) is 0.187. The minimum Gasteiger partial charge on any atom is -0.493 e. The molecular formula is C28H25Cl2IN2O3S. The highest BCUT2D eigenvalue weighted by Gasteiger charge is 2.35. The number of carbonyl (C=O) groups excluding carboxylic acids is 1. The van der Waals surface area contributed by atoms with E-state index in [4.69, 9.17) is 37.7 Å². The van der Waals surface area contributed by atoms with E-state index in [9.17, 15) is 4.79 Å². The Kier molecular flexibility index (Phi) is 9.11. The molecule has 192 valence electrons. The topological polar surface area (TPSA) is 51.1 Å². The van der Waals surface area contributed by atoms with Gasteiger partial charge in [-0.1, -0.05) is 42.3 Å². The molecule has 37 heavy (non-hydrogen) atoms. The van der Waals surface area contributed by atoms with Crippen LogP contribution in [0.4, 0.5) is 11.4 Å². The van der Waals surface area contributed by atoms with Crippen molar-refractivity contribution in [2.75, 3.05) is 18.6 Å². The van der Waals surface area contributed by atoms with E-state index in [1.807, 2.05) is 56.3 Å². The van der Waals surface area contributed by atoms with Crippen LogP contribution in [0.2, 0.25) is 10.0 Å². The number of anilines is 1. The molecule has 3 aromatic carbocycles. The Morgan fingerprint density at radius 3 is 2.41 bits per heavy atom. The molecule has 4 rings (SSSR count). The Morgan fingerprint density at radius 1 is 1.05 bits per heavy atom. The van der Waals surface area contributed by atoms with E-state index >= 15 is 0 Å². The second-order valence-electron chi connectivity index (χ2n) is 8.40. The number of nitrogens with zero attached hydrogens (tertiary/aromatic N) is 2. The Bertz CT molecular complexity index is 1420. The van der Waals surface area contributed by atoms with Gasteiger partial charge in [0.25, 0.3) is 5.91 Å². The predicted octanol–water partition coefficient (Wildman–Crippen LogP) is 8.82. The van der Waals surface area contributed by atoms with E-state index in [-0.39, 0.29) is 5.91 Å². The fourth-order valence-corrected chi connectivity index (χ4v) is 5.71. The molecule has 3 aromatic rings. The Morgan fingerprint density at radius 2 is 1.76 bits per heavy atom. The number of aryl methyl sites for hydroxylation is 2. The summed E-state index contributed by atoms with van der Waals surface area (Å²) in [6.45, 7) is 6.50. The molecule has 9 heteroatoms. The van der Waals surface area contributed by atoms with E-state index in [1.54, 1.807) is 24.1 Å². The fraction of sp³-hybridized carbons (Fsp3) is 0.214. The summed E-state index contributed by atoms with van der Waals surface area (Å²) in [7, 11) is 1.61. The van der Waals surface area contributed by atoms with Crippen LogP contribution in [-0.2, 0) is 4.79 Å². The van der Waals surface area contributed by atoms with Crippen LogP contribution in [0.25, 0.3) is 6.08 Å². The fourth-order valence-electron chi connectivity index (χ4n) is 3.58. The highest BCUT2D eigenvalue weighted by atomic mass is 127. The number of amides is 1. The molecule has 0 radical (unpaired) electrons. The molecule has 0 N–H and O–H groups in total. The summed E-state index contributed by atoms with van der Waals surface area (Å²) in [5.41, 5.74) is 4.00. The minimum atomic E-state index is -0.192. The first-order valence-corrected chi connectivity index (χ1v) is 14.2. The maximum Gasteiger partial charge on any atom is 0.271 e. The number of amidine groups is 1. The molecule has 1 aliphatic heterocycles. The molecule has 0 aromatic heterocycles. The Labute approximate surface area is 245 Å². The first kappa shape index (κ1) is 27.8. The second kappa shape index (κ2) is 12.1. The number of hydrogen-bond donors (Lipinski definition) is 0. The van der Waals surface area contributed by atoms with Gasteiger partial charge >= 0.3 is 0 Å². The third-order valence-corrected chi connectivity index (χ3v) is 8.18. The molecule has 0 spiro atoms. The van der Waals surface area contributed by atoms with Crippen molar-refractivity contribution < 1.29 is 14.3 Å². The van der Waals surface area contributed by atoms with Gasteiger partial charge in [0.15, 0.2) is 16.7 Å². The number of methoxy groups -OCH3 is 1.